The fourth-order valence-electron chi connectivity index (χ4n) is 3.22. The normalized spacial score (nSPS) is 12.5. The highest BCUT2D eigenvalue weighted by molar-refractivity contribution is 6.29. The standard InChI is InChI=1S/C16H16N2O.C13H14N2O3.C2H6.CH4/c1-12-6-4-7-14(10-12)16(17-3)19-13(2)15-8-5-9-18-11-15;1-13(6-7-13)12(18)15-10-4-2-9(3-5-10)14-11(17)8-16;1-2;/h4-11H,2H2,1,3H3;2-5,8H,6-7H2,1H3,(H,14,17)(H,15,18);1-2H3;1H4. The van der Waals surface area contributed by atoms with Crippen LogP contribution < -0.4 is 10.6 Å². The number of nitrogens with zero attached hydrogens (tertiary/aromatic N) is 2. The average molecular weight is 545 g/mol. The summed E-state index contributed by atoms with van der Waals surface area (Å²) in [5.74, 6) is 0.414. The van der Waals surface area contributed by atoms with Crippen molar-refractivity contribution >= 4 is 41.1 Å². The number of benzene rings is 2. The van der Waals surface area contributed by atoms with E-state index in [0.29, 0.717) is 23.0 Å². The van der Waals surface area contributed by atoms with Gasteiger partial charge in [-0.3, -0.25) is 24.4 Å². The van der Waals surface area contributed by atoms with Gasteiger partial charge in [0.05, 0.1) is 0 Å². The van der Waals surface area contributed by atoms with E-state index in [1.165, 1.54) is 0 Å². The molecule has 0 aliphatic heterocycles. The van der Waals surface area contributed by atoms with Crippen LogP contribution in [0.25, 0.3) is 5.76 Å². The summed E-state index contributed by atoms with van der Waals surface area (Å²) < 4.78 is 5.74. The van der Waals surface area contributed by atoms with Gasteiger partial charge >= 0.3 is 0 Å². The van der Waals surface area contributed by atoms with Crippen molar-refractivity contribution in [2.75, 3.05) is 17.7 Å². The average Bonchev–Trinajstić information content (AvgIpc) is 3.73. The molecule has 1 saturated carbocycles. The fourth-order valence-corrected chi connectivity index (χ4v) is 3.22. The zero-order valence-corrected chi connectivity index (χ0v) is 23.2. The number of carbonyl (C=O) groups excluding carboxylic acids is 3. The number of aryl methyl sites for hydroxylation is 1. The lowest BCUT2D eigenvalue weighted by molar-refractivity contribution is -0.127. The highest BCUT2D eigenvalue weighted by atomic mass is 16.5. The van der Waals surface area contributed by atoms with E-state index in [0.717, 1.165) is 29.5 Å². The van der Waals surface area contributed by atoms with Crippen molar-refractivity contribution in [2.24, 2.45) is 10.4 Å². The first-order valence-corrected chi connectivity index (χ1v) is 12.7. The molecule has 0 atom stereocenters. The van der Waals surface area contributed by atoms with Crippen LogP contribution in [-0.4, -0.2) is 36.0 Å². The van der Waals surface area contributed by atoms with Crippen molar-refractivity contribution in [2.45, 2.75) is 48.0 Å². The summed E-state index contributed by atoms with van der Waals surface area (Å²) in [4.78, 5) is 41.0. The minimum absolute atomic E-state index is 0. The molecule has 2 amide bonds. The van der Waals surface area contributed by atoms with E-state index in [1.54, 1.807) is 43.7 Å². The first-order valence-electron chi connectivity index (χ1n) is 12.7. The molecule has 0 bridgehead atoms. The Bertz CT molecular complexity index is 1300. The second kappa shape index (κ2) is 16.4. The number of anilines is 2. The van der Waals surface area contributed by atoms with E-state index in [9.17, 15) is 14.4 Å². The summed E-state index contributed by atoms with van der Waals surface area (Å²) in [5.41, 5.74) is 3.92. The number of nitrogens with one attached hydrogen (secondary N) is 2. The van der Waals surface area contributed by atoms with Crippen LogP contribution in [0.2, 0.25) is 0 Å². The molecule has 4 rings (SSSR count). The van der Waals surface area contributed by atoms with E-state index in [1.807, 2.05) is 64.1 Å². The molecule has 1 aromatic heterocycles. The molecule has 2 N–H and O–H groups in total. The minimum Gasteiger partial charge on any atom is -0.439 e. The van der Waals surface area contributed by atoms with Gasteiger partial charge in [0.2, 0.25) is 18.1 Å². The van der Waals surface area contributed by atoms with Gasteiger partial charge in [-0.2, -0.15) is 0 Å². The molecule has 8 nitrogen and oxygen atoms in total. The first kappa shape index (κ1) is 33.4. The summed E-state index contributed by atoms with van der Waals surface area (Å²) in [6, 6.07) is 18.4. The van der Waals surface area contributed by atoms with Gasteiger partial charge in [-0.25, -0.2) is 0 Å². The molecule has 0 radical (unpaired) electrons. The van der Waals surface area contributed by atoms with Gasteiger partial charge in [0.1, 0.15) is 5.76 Å². The minimum atomic E-state index is -0.697. The molecule has 212 valence electrons. The van der Waals surface area contributed by atoms with Gasteiger partial charge in [0, 0.05) is 47.4 Å². The Kier molecular flexibility index (Phi) is 13.7. The number of rotatable bonds is 7. The summed E-state index contributed by atoms with van der Waals surface area (Å²) in [5, 5.41) is 5.21. The van der Waals surface area contributed by atoms with E-state index < -0.39 is 5.91 Å². The van der Waals surface area contributed by atoms with Crippen LogP contribution in [0.3, 0.4) is 0 Å². The largest absolute Gasteiger partial charge is 0.439 e. The Balaban J connectivity index is 0.000000368. The van der Waals surface area contributed by atoms with Crippen LogP contribution in [0, 0.1) is 12.3 Å². The van der Waals surface area contributed by atoms with Gasteiger partial charge in [-0.1, -0.05) is 52.5 Å². The number of aromatic nitrogens is 1. The van der Waals surface area contributed by atoms with E-state index in [-0.39, 0.29) is 25.0 Å². The fraction of sp³-hybridized carbons (Fsp3) is 0.281. The summed E-state index contributed by atoms with van der Waals surface area (Å²) in [6.07, 6.45) is 5.49. The van der Waals surface area contributed by atoms with Crippen LogP contribution in [0.15, 0.2) is 84.6 Å². The van der Waals surface area contributed by atoms with E-state index in [4.69, 9.17) is 4.74 Å². The smallest absolute Gasteiger partial charge is 0.288 e. The van der Waals surface area contributed by atoms with Crippen molar-refractivity contribution in [1.29, 1.82) is 0 Å². The molecular formula is C32H40N4O4. The lowest BCUT2D eigenvalue weighted by Gasteiger charge is -2.11. The third kappa shape index (κ3) is 10.3. The molecule has 40 heavy (non-hydrogen) atoms. The zero-order valence-electron chi connectivity index (χ0n) is 23.2. The number of carbonyl (C=O) groups is 3. The molecule has 0 saturated heterocycles. The molecule has 1 aliphatic carbocycles. The number of aliphatic imine (C=N–C) groups is 1. The number of hydrogen-bond acceptors (Lipinski definition) is 6. The van der Waals surface area contributed by atoms with Crippen molar-refractivity contribution in [3.05, 3.63) is 96.3 Å². The van der Waals surface area contributed by atoms with Crippen LogP contribution in [0.5, 0.6) is 0 Å². The Morgan fingerprint density at radius 1 is 1.00 bits per heavy atom. The Labute approximate surface area is 237 Å². The predicted octanol–water partition coefficient (Wildman–Crippen LogP) is 6.68. The molecule has 0 spiro atoms. The maximum Gasteiger partial charge on any atom is 0.288 e. The summed E-state index contributed by atoms with van der Waals surface area (Å²) in [6.45, 7) is 11.9. The van der Waals surface area contributed by atoms with E-state index >= 15 is 0 Å². The number of hydrogen-bond donors (Lipinski definition) is 2. The number of aldehydes is 1. The highest BCUT2D eigenvalue weighted by Crippen LogP contribution is 2.45. The molecule has 1 fully saturated rings. The van der Waals surface area contributed by atoms with Crippen molar-refractivity contribution in [1.82, 2.24) is 4.98 Å². The van der Waals surface area contributed by atoms with Crippen molar-refractivity contribution in [3.8, 4) is 0 Å². The first-order chi connectivity index (χ1) is 18.7. The number of amides is 2. The molecule has 8 heteroatoms. The molecule has 0 unspecified atom stereocenters. The summed E-state index contributed by atoms with van der Waals surface area (Å²) >= 11 is 0. The lowest BCUT2D eigenvalue weighted by Crippen LogP contribution is -2.21. The molecule has 3 aromatic rings. The second-order valence-corrected chi connectivity index (χ2v) is 8.86. The van der Waals surface area contributed by atoms with Gasteiger partial charge in [0.25, 0.3) is 5.91 Å². The van der Waals surface area contributed by atoms with Crippen LogP contribution >= 0.6 is 0 Å². The maximum atomic E-state index is 11.8. The van der Waals surface area contributed by atoms with Gasteiger partial charge in [-0.15, -0.1) is 0 Å². The topological polar surface area (TPSA) is 110 Å². The quantitative estimate of drug-likeness (QED) is 0.113. The van der Waals surface area contributed by atoms with Crippen LogP contribution in [0.1, 0.15) is 57.7 Å². The highest BCUT2D eigenvalue weighted by Gasteiger charge is 2.44. The number of ether oxygens (including phenoxy) is 1. The van der Waals surface area contributed by atoms with Crippen LogP contribution in [-0.2, 0) is 19.1 Å². The third-order valence-electron chi connectivity index (χ3n) is 5.74. The van der Waals surface area contributed by atoms with Gasteiger partial charge < -0.3 is 15.4 Å². The Hall–Kier alpha value is -4.59. The van der Waals surface area contributed by atoms with E-state index in [2.05, 4.69) is 27.2 Å². The summed E-state index contributed by atoms with van der Waals surface area (Å²) in [7, 11) is 1.70. The monoisotopic (exact) mass is 544 g/mol. The van der Waals surface area contributed by atoms with Crippen molar-refractivity contribution in [3.63, 3.8) is 0 Å². The SMILES string of the molecule is C.C=C(OC(=NC)c1cccc(C)c1)c1cccnc1.CC.CC1(C(=O)Nc2ccc(NC(=O)C=O)cc2)CC1. The Morgan fingerprint density at radius 3 is 2.10 bits per heavy atom. The Morgan fingerprint density at radius 2 is 1.60 bits per heavy atom. The predicted molar refractivity (Wildman–Crippen MR) is 163 cm³/mol. The van der Waals surface area contributed by atoms with Gasteiger partial charge in [-0.05, 0) is 68.3 Å². The number of pyridine rings is 1. The molecular weight excluding hydrogens is 504 g/mol. The molecule has 1 aliphatic rings. The molecule has 1 heterocycles. The second-order valence-electron chi connectivity index (χ2n) is 8.86. The zero-order chi connectivity index (χ0) is 28.8. The third-order valence-corrected chi connectivity index (χ3v) is 5.74. The molecule has 2 aromatic carbocycles. The van der Waals surface area contributed by atoms with Gasteiger partial charge in [0.15, 0.2) is 0 Å². The maximum absolute atomic E-state index is 11.8. The van der Waals surface area contributed by atoms with Crippen molar-refractivity contribution < 1.29 is 19.1 Å². The lowest BCUT2D eigenvalue weighted by atomic mass is 10.1. The van der Waals surface area contributed by atoms with Crippen LogP contribution in [0.4, 0.5) is 11.4 Å².